The number of hydrogen-bond donors (Lipinski definition) is 0. The normalized spacial score (nSPS) is 12.6. The lowest BCUT2D eigenvalue weighted by Crippen LogP contribution is -2.04. The number of methoxy groups -OCH3 is 1. The highest BCUT2D eigenvalue weighted by Crippen LogP contribution is 2.15. The second-order valence-electron chi connectivity index (χ2n) is 8.36. The van der Waals surface area contributed by atoms with Crippen molar-refractivity contribution in [2.75, 3.05) is 7.11 Å². The molecule has 0 bridgehead atoms. The Morgan fingerprint density at radius 3 is 1.04 bits per heavy atom. The molecule has 1 unspecified atom stereocenters. The number of hydrogen-bond acceptors (Lipinski definition) is 1. The summed E-state index contributed by atoms with van der Waals surface area (Å²) in [4.78, 5) is 0. The van der Waals surface area contributed by atoms with Crippen molar-refractivity contribution >= 4 is 0 Å². The van der Waals surface area contributed by atoms with Crippen molar-refractivity contribution in [3.63, 3.8) is 0 Å². The van der Waals surface area contributed by atoms with Gasteiger partial charge in [0.1, 0.15) is 0 Å². The average molecular weight is 368 g/mol. The predicted octanol–water partition coefficient (Wildman–Crippen LogP) is 9.05. The SMILES string of the molecule is [CH2]C(CCCCCCCCCCCCCCCCCCCCCC)OC. The van der Waals surface area contributed by atoms with E-state index in [9.17, 15) is 0 Å². The Hall–Kier alpha value is -0.0400. The van der Waals surface area contributed by atoms with Crippen LogP contribution >= 0.6 is 0 Å². The van der Waals surface area contributed by atoms with Crippen molar-refractivity contribution in [3.8, 4) is 0 Å². The van der Waals surface area contributed by atoms with Crippen molar-refractivity contribution in [1.29, 1.82) is 0 Å². The van der Waals surface area contributed by atoms with Gasteiger partial charge >= 0.3 is 0 Å². The van der Waals surface area contributed by atoms with Crippen LogP contribution in [-0.4, -0.2) is 13.2 Å². The van der Waals surface area contributed by atoms with Crippen molar-refractivity contribution in [3.05, 3.63) is 6.92 Å². The molecule has 0 fully saturated rings. The lowest BCUT2D eigenvalue weighted by molar-refractivity contribution is 0.128. The van der Waals surface area contributed by atoms with Gasteiger partial charge in [-0.25, -0.2) is 0 Å². The molecule has 157 valence electrons. The van der Waals surface area contributed by atoms with E-state index in [0.29, 0.717) is 0 Å². The van der Waals surface area contributed by atoms with Crippen molar-refractivity contribution < 1.29 is 4.74 Å². The first-order valence-electron chi connectivity index (χ1n) is 12.2. The fraction of sp³-hybridized carbons (Fsp3) is 0.960. The van der Waals surface area contributed by atoms with E-state index in [1.54, 1.807) is 7.11 Å². The van der Waals surface area contributed by atoms with Gasteiger partial charge in [-0.15, -0.1) is 0 Å². The maximum atomic E-state index is 5.18. The van der Waals surface area contributed by atoms with Gasteiger partial charge < -0.3 is 4.74 Å². The Labute approximate surface area is 167 Å². The molecule has 0 aliphatic rings. The van der Waals surface area contributed by atoms with Gasteiger partial charge in [0.2, 0.25) is 0 Å². The van der Waals surface area contributed by atoms with Gasteiger partial charge in [-0.3, -0.25) is 0 Å². The van der Waals surface area contributed by atoms with E-state index in [0.717, 1.165) is 6.42 Å². The molecule has 0 aliphatic heterocycles. The average Bonchev–Trinajstić information content (AvgIpc) is 2.66. The van der Waals surface area contributed by atoms with E-state index in [1.165, 1.54) is 128 Å². The molecular formula is C25H51O. The van der Waals surface area contributed by atoms with Gasteiger partial charge in [0.25, 0.3) is 0 Å². The van der Waals surface area contributed by atoms with Gasteiger partial charge in [-0.05, 0) is 13.3 Å². The van der Waals surface area contributed by atoms with Crippen LogP contribution < -0.4 is 0 Å². The number of rotatable bonds is 22. The Morgan fingerprint density at radius 2 is 0.769 bits per heavy atom. The molecule has 1 heteroatoms. The Bertz CT molecular complexity index is 238. The molecule has 1 nitrogen and oxygen atoms in total. The minimum absolute atomic E-state index is 0.200. The van der Waals surface area contributed by atoms with E-state index in [4.69, 9.17) is 4.74 Å². The first-order chi connectivity index (χ1) is 12.8. The second kappa shape index (κ2) is 23.0. The molecule has 0 saturated carbocycles. The standard InChI is InChI=1S/C25H51O/c1-4-5-6-7-8-9-10-11-12-13-14-15-16-17-18-19-20-21-22-23-24-25(2)26-3/h25H,2,4-24H2,1,3H3. The fourth-order valence-electron chi connectivity index (χ4n) is 3.75. The van der Waals surface area contributed by atoms with Gasteiger partial charge in [0.15, 0.2) is 0 Å². The zero-order chi connectivity index (χ0) is 19.1. The summed E-state index contributed by atoms with van der Waals surface area (Å²) in [6.07, 6.45) is 30.1. The van der Waals surface area contributed by atoms with Gasteiger partial charge in [-0.2, -0.15) is 0 Å². The maximum Gasteiger partial charge on any atom is 0.0572 e. The summed E-state index contributed by atoms with van der Waals surface area (Å²) in [5.41, 5.74) is 0. The summed E-state index contributed by atoms with van der Waals surface area (Å²) < 4.78 is 5.18. The van der Waals surface area contributed by atoms with Crippen molar-refractivity contribution in [1.82, 2.24) is 0 Å². The lowest BCUT2D eigenvalue weighted by atomic mass is 10.0. The van der Waals surface area contributed by atoms with Crippen LogP contribution in [-0.2, 0) is 4.74 Å². The van der Waals surface area contributed by atoms with Crippen LogP contribution in [0.15, 0.2) is 0 Å². The Morgan fingerprint density at radius 1 is 0.500 bits per heavy atom. The largest absolute Gasteiger partial charge is 0.381 e. The van der Waals surface area contributed by atoms with Crippen LogP contribution in [0.25, 0.3) is 0 Å². The third-order valence-electron chi connectivity index (χ3n) is 5.71. The first kappa shape index (κ1) is 26.0. The van der Waals surface area contributed by atoms with Crippen molar-refractivity contribution in [2.24, 2.45) is 0 Å². The van der Waals surface area contributed by atoms with Crippen molar-refractivity contribution in [2.45, 2.75) is 148 Å². The van der Waals surface area contributed by atoms with Crippen LogP contribution in [0, 0.1) is 6.92 Å². The lowest BCUT2D eigenvalue weighted by Gasteiger charge is -2.08. The zero-order valence-electron chi connectivity index (χ0n) is 18.5. The fourth-order valence-corrected chi connectivity index (χ4v) is 3.75. The van der Waals surface area contributed by atoms with E-state index < -0.39 is 0 Å². The summed E-state index contributed by atoms with van der Waals surface area (Å²) in [5.74, 6) is 0. The van der Waals surface area contributed by atoms with E-state index >= 15 is 0 Å². The van der Waals surface area contributed by atoms with Crippen LogP contribution in [0.5, 0.6) is 0 Å². The number of ether oxygens (including phenoxy) is 1. The Balaban J connectivity index is 2.99. The maximum absolute atomic E-state index is 5.18. The molecule has 0 saturated heterocycles. The molecular weight excluding hydrogens is 316 g/mol. The smallest absolute Gasteiger partial charge is 0.0572 e. The van der Waals surface area contributed by atoms with Gasteiger partial charge in [-0.1, -0.05) is 135 Å². The highest BCUT2D eigenvalue weighted by molar-refractivity contribution is 4.59. The molecule has 0 aromatic rings. The second-order valence-corrected chi connectivity index (χ2v) is 8.36. The molecule has 0 heterocycles. The summed E-state index contributed by atoms with van der Waals surface area (Å²) in [7, 11) is 1.76. The van der Waals surface area contributed by atoms with E-state index in [1.807, 2.05) is 0 Å². The van der Waals surface area contributed by atoms with E-state index in [2.05, 4.69) is 13.8 Å². The molecule has 0 aromatic carbocycles. The summed E-state index contributed by atoms with van der Waals surface area (Å²) >= 11 is 0. The molecule has 0 aliphatic carbocycles. The number of unbranched alkanes of at least 4 members (excludes halogenated alkanes) is 19. The van der Waals surface area contributed by atoms with Gasteiger partial charge in [0.05, 0.1) is 6.10 Å². The summed E-state index contributed by atoms with van der Waals surface area (Å²) in [5, 5.41) is 0. The highest BCUT2D eigenvalue weighted by atomic mass is 16.5. The zero-order valence-corrected chi connectivity index (χ0v) is 18.5. The first-order valence-corrected chi connectivity index (χ1v) is 12.2. The molecule has 26 heavy (non-hydrogen) atoms. The monoisotopic (exact) mass is 367 g/mol. The third kappa shape index (κ3) is 22.0. The van der Waals surface area contributed by atoms with E-state index in [-0.39, 0.29) is 6.10 Å². The molecule has 0 rings (SSSR count). The predicted molar refractivity (Wildman–Crippen MR) is 119 cm³/mol. The molecule has 0 N–H and O–H groups in total. The van der Waals surface area contributed by atoms with Crippen LogP contribution in [0.4, 0.5) is 0 Å². The minimum Gasteiger partial charge on any atom is -0.381 e. The Kier molecular flexibility index (Phi) is 23.0. The molecule has 0 spiro atoms. The topological polar surface area (TPSA) is 9.23 Å². The third-order valence-corrected chi connectivity index (χ3v) is 5.71. The van der Waals surface area contributed by atoms with Crippen LogP contribution in [0.3, 0.4) is 0 Å². The highest BCUT2D eigenvalue weighted by Gasteiger charge is 1.99. The summed E-state index contributed by atoms with van der Waals surface area (Å²) in [6, 6.07) is 0. The van der Waals surface area contributed by atoms with Crippen LogP contribution in [0.1, 0.15) is 142 Å². The quantitative estimate of drug-likeness (QED) is 0.173. The summed E-state index contributed by atoms with van der Waals surface area (Å²) in [6.45, 7) is 6.25. The molecule has 1 radical (unpaired) electrons. The molecule has 1 atom stereocenters. The van der Waals surface area contributed by atoms with Gasteiger partial charge in [0, 0.05) is 7.11 Å². The minimum atomic E-state index is 0.200. The molecule has 0 amide bonds. The molecule has 0 aromatic heterocycles. The van der Waals surface area contributed by atoms with Crippen LogP contribution in [0.2, 0.25) is 0 Å².